The Bertz CT molecular complexity index is 394. The van der Waals surface area contributed by atoms with Gasteiger partial charge >= 0.3 is 0 Å². The standard InChI is InChI=1S/C8H5ClFN/c9-6-3-1-2-5-4-7(10)11-8(5)6/h1-4,11H. The summed E-state index contributed by atoms with van der Waals surface area (Å²) >= 11 is 5.77. The number of fused-ring (bicyclic) bond motifs is 1. The quantitative estimate of drug-likeness (QED) is 0.624. The second-order valence-corrected chi connectivity index (χ2v) is 2.73. The Hall–Kier alpha value is -1.02. The second kappa shape index (κ2) is 2.24. The first-order valence-corrected chi connectivity index (χ1v) is 3.58. The Balaban J connectivity index is 2.90. The van der Waals surface area contributed by atoms with Crippen molar-refractivity contribution in [3.8, 4) is 0 Å². The molecule has 2 aromatic rings. The van der Waals surface area contributed by atoms with Gasteiger partial charge in [-0.1, -0.05) is 23.7 Å². The Morgan fingerprint density at radius 1 is 1.36 bits per heavy atom. The van der Waals surface area contributed by atoms with Crippen LogP contribution in [0.1, 0.15) is 0 Å². The van der Waals surface area contributed by atoms with E-state index in [0.717, 1.165) is 5.39 Å². The van der Waals surface area contributed by atoms with E-state index in [1.165, 1.54) is 6.07 Å². The predicted molar refractivity (Wildman–Crippen MR) is 43.3 cm³/mol. The van der Waals surface area contributed by atoms with Crippen LogP contribution in [-0.4, -0.2) is 4.98 Å². The third-order valence-electron chi connectivity index (χ3n) is 1.57. The van der Waals surface area contributed by atoms with Gasteiger partial charge < -0.3 is 4.98 Å². The maximum Gasteiger partial charge on any atom is 0.192 e. The van der Waals surface area contributed by atoms with Crippen LogP contribution < -0.4 is 0 Å². The summed E-state index contributed by atoms with van der Waals surface area (Å²) in [5.74, 6) is -0.354. The molecule has 1 heterocycles. The van der Waals surface area contributed by atoms with Crippen molar-refractivity contribution in [2.45, 2.75) is 0 Å². The molecule has 2 rings (SSSR count). The maximum atomic E-state index is 12.6. The molecule has 0 aliphatic rings. The molecule has 1 aromatic heterocycles. The predicted octanol–water partition coefficient (Wildman–Crippen LogP) is 2.96. The van der Waals surface area contributed by atoms with Crippen LogP contribution in [0.25, 0.3) is 10.9 Å². The molecule has 0 amide bonds. The van der Waals surface area contributed by atoms with Crippen molar-refractivity contribution in [1.82, 2.24) is 4.98 Å². The van der Waals surface area contributed by atoms with Crippen molar-refractivity contribution in [3.05, 3.63) is 35.2 Å². The largest absolute Gasteiger partial charge is 0.330 e. The molecule has 0 unspecified atom stereocenters. The van der Waals surface area contributed by atoms with Crippen LogP contribution >= 0.6 is 11.6 Å². The van der Waals surface area contributed by atoms with Gasteiger partial charge in [0.15, 0.2) is 5.95 Å². The molecule has 0 saturated heterocycles. The fraction of sp³-hybridized carbons (Fsp3) is 0. The fourth-order valence-electron chi connectivity index (χ4n) is 1.08. The molecule has 3 heteroatoms. The normalized spacial score (nSPS) is 10.7. The molecule has 1 N–H and O–H groups in total. The van der Waals surface area contributed by atoms with Crippen molar-refractivity contribution in [2.24, 2.45) is 0 Å². The number of rotatable bonds is 0. The fourth-order valence-corrected chi connectivity index (χ4v) is 1.31. The van der Waals surface area contributed by atoms with Crippen molar-refractivity contribution >= 4 is 22.5 Å². The van der Waals surface area contributed by atoms with E-state index in [4.69, 9.17) is 11.6 Å². The van der Waals surface area contributed by atoms with Crippen LogP contribution in [-0.2, 0) is 0 Å². The first-order valence-electron chi connectivity index (χ1n) is 3.20. The average Bonchev–Trinajstić information content (AvgIpc) is 2.31. The minimum Gasteiger partial charge on any atom is -0.330 e. The van der Waals surface area contributed by atoms with Crippen LogP contribution in [0.3, 0.4) is 0 Å². The minimum atomic E-state index is -0.354. The third kappa shape index (κ3) is 0.994. The SMILES string of the molecule is Fc1cc2cccc(Cl)c2[nH]1. The van der Waals surface area contributed by atoms with E-state index in [1.54, 1.807) is 18.2 Å². The highest BCUT2D eigenvalue weighted by molar-refractivity contribution is 6.35. The van der Waals surface area contributed by atoms with Crippen molar-refractivity contribution in [1.29, 1.82) is 0 Å². The average molecular weight is 170 g/mol. The lowest BCUT2D eigenvalue weighted by molar-refractivity contribution is 0.595. The monoisotopic (exact) mass is 169 g/mol. The van der Waals surface area contributed by atoms with E-state index in [-0.39, 0.29) is 5.95 Å². The Labute approximate surface area is 67.8 Å². The van der Waals surface area contributed by atoms with Gasteiger partial charge in [-0.2, -0.15) is 4.39 Å². The number of aromatic nitrogens is 1. The summed E-state index contributed by atoms with van der Waals surface area (Å²) in [5, 5.41) is 1.35. The van der Waals surface area contributed by atoms with Gasteiger partial charge in [-0.25, -0.2) is 0 Å². The van der Waals surface area contributed by atoms with Gasteiger partial charge in [-0.3, -0.25) is 0 Å². The molecule has 0 atom stereocenters. The Morgan fingerprint density at radius 3 is 2.91 bits per heavy atom. The summed E-state index contributed by atoms with van der Waals surface area (Å²) in [5.41, 5.74) is 0.659. The topological polar surface area (TPSA) is 15.8 Å². The highest BCUT2D eigenvalue weighted by Gasteiger charge is 2.01. The zero-order valence-corrected chi connectivity index (χ0v) is 6.32. The number of halogens is 2. The van der Waals surface area contributed by atoms with Crippen molar-refractivity contribution in [2.75, 3.05) is 0 Å². The number of hydrogen-bond donors (Lipinski definition) is 1. The lowest BCUT2D eigenvalue weighted by Gasteiger charge is -1.89. The molecule has 0 radical (unpaired) electrons. The number of benzene rings is 1. The number of aromatic amines is 1. The van der Waals surface area contributed by atoms with Gasteiger partial charge in [0, 0.05) is 11.5 Å². The highest BCUT2D eigenvalue weighted by atomic mass is 35.5. The summed E-state index contributed by atoms with van der Waals surface area (Å²) in [6, 6.07) is 6.74. The molecule has 0 saturated carbocycles. The lowest BCUT2D eigenvalue weighted by atomic mass is 10.2. The van der Waals surface area contributed by atoms with Crippen LogP contribution in [0.15, 0.2) is 24.3 Å². The smallest absolute Gasteiger partial charge is 0.192 e. The van der Waals surface area contributed by atoms with Crippen LogP contribution in [0.5, 0.6) is 0 Å². The van der Waals surface area contributed by atoms with Gasteiger partial charge in [0.1, 0.15) is 0 Å². The molecule has 1 nitrogen and oxygen atoms in total. The molecule has 11 heavy (non-hydrogen) atoms. The summed E-state index contributed by atoms with van der Waals surface area (Å²) in [7, 11) is 0. The summed E-state index contributed by atoms with van der Waals surface area (Å²) in [6.45, 7) is 0. The number of hydrogen-bond acceptors (Lipinski definition) is 0. The van der Waals surface area contributed by atoms with Crippen LogP contribution in [0.2, 0.25) is 5.02 Å². The number of para-hydroxylation sites is 1. The Morgan fingerprint density at radius 2 is 2.18 bits per heavy atom. The van der Waals surface area contributed by atoms with Crippen molar-refractivity contribution in [3.63, 3.8) is 0 Å². The Kier molecular flexibility index (Phi) is 1.36. The summed E-state index contributed by atoms with van der Waals surface area (Å²) < 4.78 is 12.6. The van der Waals surface area contributed by atoms with Crippen molar-refractivity contribution < 1.29 is 4.39 Å². The zero-order chi connectivity index (χ0) is 7.84. The minimum absolute atomic E-state index is 0.354. The first kappa shape index (κ1) is 6.68. The molecular formula is C8H5ClFN. The van der Waals surface area contributed by atoms with E-state index in [1.807, 2.05) is 0 Å². The summed E-state index contributed by atoms with van der Waals surface area (Å²) in [4.78, 5) is 2.53. The van der Waals surface area contributed by atoms with E-state index < -0.39 is 0 Å². The van der Waals surface area contributed by atoms with Gasteiger partial charge in [0.2, 0.25) is 0 Å². The van der Waals surface area contributed by atoms with Crippen LogP contribution in [0, 0.1) is 5.95 Å². The van der Waals surface area contributed by atoms with E-state index in [9.17, 15) is 4.39 Å². The number of nitrogens with one attached hydrogen (secondary N) is 1. The molecule has 0 bridgehead atoms. The summed E-state index contributed by atoms with van der Waals surface area (Å²) in [6.07, 6.45) is 0. The second-order valence-electron chi connectivity index (χ2n) is 2.32. The molecule has 0 aliphatic heterocycles. The number of H-pyrrole nitrogens is 1. The molecular weight excluding hydrogens is 165 g/mol. The molecule has 0 spiro atoms. The van der Waals surface area contributed by atoms with Gasteiger partial charge in [-0.15, -0.1) is 0 Å². The van der Waals surface area contributed by atoms with Gasteiger partial charge in [0.25, 0.3) is 0 Å². The maximum absolute atomic E-state index is 12.6. The first-order chi connectivity index (χ1) is 5.27. The van der Waals surface area contributed by atoms with Gasteiger partial charge in [-0.05, 0) is 6.07 Å². The third-order valence-corrected chi connectivity index (χ3v) is 1.89. The van der Waals surface area contributed by atoms with E-state index in [0.29, 0.717) is 10.5 Å². The molecule has 0 aliphatic carbocycles. The molecule has 1 aromatic carbocycles. The molecule has 0 fully saturated rings. The highest BCUT2D eigenvalue weighted by Crippen LogP contribution is 2.22. The van der Waals surface area contributed by atoms with Crippen LogP contribution in [0.4, 0.5) is 4.39 Å². The van der Waals surface area contributed by atoms with E-state index in [2.05, 4.69) is 4.98 Å². The zero-order valence-electron chi connectivity index (χ0n) is 5.57. The molecule has 56 valence electrons. The van der Waals surface area contributed by atoms with E-state index >= 15 is 0 Å². The lowest BCUT2D eigenvalue weighted by Crippen LogP contribution is -1.69. The van der Waals surface area contributed by atoms with Gasteiger partial charge in [0.05, 0.1) is 10.5 Å².